The Morgan fingerprint density at radius 3 is 2.61 bits per heavy atom. The topological polar surface area (TPSA) is 90.7 Å². The molecule has 0 atom stereocenters. The minimum atomic E-state index is 0.443. The number of nitrogens with two attached hydrogens (primary N) is 2. The van der Waals surface area contributed by atoms with Crippen molar-refractivity contribution in [2.45, 2.75) is 0 Å². The lowest BCUT2D eigenvalue weighted by Gasteiger charge is -2.06. The first-order chi connectivity index (χ1) is 8.75. The Morgan fingerprint density at radius 1 is 0.944 bits per heavy atom. The van der Waals surface area contributed by atoms with Crippen LogP contribution in [0.1, 0.15) is 0 Å². The van der Waals surface area contributed by atoms with Crippen LogP contribution in [0.4, 0.5) is 11.5 Å². The van der Waals surface area contributed by atoms with Crippen LogP contribution in [-0.2, 0) is 0 Å². The quantitative estimate of drug-likeness (QED) is 0.674. The van der Waals surface area contributed by atoms with Crippen LogP contribution >= 0.6 is 0 Å². The van der Waals surface area contributed by atoms with E-state index in [4.69, 9.17) is 11.5 Å². The Labute approximate surface area is 104 Å². The van der Waals surface area contributed by atoms with Crippen molar-refractivity contribution in [1.29, 1.82) is 0 Å². The van der Waals surface area contributed by atoms with Crippen molar-refractivity contribution in [3.63, 3.8) is 0 Å². The molecule has 0 bridgehead atoms. The first-order valence-electron chi connectivity index (χ1n) is 5.48. The van der Waals surface area contributed by atoms with Gasteiger partial charge < -0.3 is 11.5 Å². The van der Waals surface area contributed by atoms with Gasteiger partial charge in [0, 0.05) is 23.5 Å². The van der Waals surface area contributed by atoms with E-state index < -0.39 is 0 Å². The molecular weight excluding hydrogens is 226 g/mol. The van der Waals surface area contributed by atoms with Crippen LogP contribution < -0.4 is 11.5 Å². The Hall–Kier alpha value is -2.69. The zero-order valence-corrected chi connectivity index (χ0v) is 9.54. The molecule has 0 unspecified atom stereocenters. The highest BCUT2D eigenvalue weighted by molar-refractivity contribution is 5.90. The Morgan fingerprint density at radius 2 is 1.78 bits per heavy atom. The van der Waals surface area contributed by atoms with Crippen molar-refractivity contribution in [3.8, 4) is 11.4 Å². The van der Waals surface area contributed by atoms with E-state index >= 15 is 0 Å². The van der Waals surface area contributed by atoms with E-state index in [1.54, 1.807) is 18.5 Å². The second kappa shape index (κ2) is 3.96. The number of benzene rings is 1. The normalized spacial score (nSPS) is 10.7. The zero-order chi connectivity index (χ0) is 12.5. The van der Waals surface area contributed by atoms with Crippen LogP contribution in [-0.4, -0.2) is 15.0 Å². The maximum absolute atomic E-state index is 5.93. The van der Waals surface area contributed by atoms with Gasteiger partial charge in [-0.3, -0.25) is 4.98 Å². The third-order valence-corrected chi connectivity index (χ3v) is 2.73. The molecule has 3 aromatic rings. The number of anilines is 2. The first-order valence-corrected chi connectivity index (χ1v) is 5.48. The number of fused-ring (bicyclic) bond motifs is 1. The molecular formula is C13H11N5. The van der Waals surface area contributed by atoms with Gasteiger partial charge in [0.05, 0.1) is 11.1 Å². The number of nitrogen functional groups attached to an aromatic ring is 2. The molecule has 0 fully saturated rings. The van der Waals surface area contributed by atoms with Gasteiger partial charge in [-0.25, -0.2) is 9.97 Å². The number of aromatic nitrogens is 3. The zero-order valence-electron chi connectivity index (χ0n) is 9.54. The van der Waals surface area contributed by atoms with Crippen molar-refractivity contribution in [1.82, 2.24) is 15.0 Å². The molecule has 5 heteroatoms. The largest absolute Gasteiger partial charge is 0.398 e. The van der Waals surface area contributed by atoms with Crippen molar-refractivity contribution >= 4 is 22.4 Å². The summed E-state index contributed by atoms with van der Waals surface area (Å²) in [5.74, 6) is 0.940. The molecule has 5 nitrogen and oxygen atoms in total. The van der Waals surface area contributed by atoms with E-state index in [1.165, 1.54) is 0 Å². The van der Waals surface area contributed by atoms with Gasteiger partial charge in [-0.05, 0) is 18.2 Å². The van der Waals surface area contributed by atoms with E-state index in [0.717, 1.165) is 10.9 Å². The van der Waals surface area contributed by atoms with Gasteiger partial charge in [-0.15, -0.1) is 0 Å². The van der Waals surface area contributed by atoms with E-state index in [2.05, 4.69) is 15.0 Å². The lowest BCUT2D eigenvalue weighted by Crippen LogP contribution is -2.00. The molecule has 1 aromatic carbocycles. The number of hydrogen-bond acceptors (Lipinski definition) is 5. The second-order valence-electron chi connectivity index (χ2n) is 3.91. The summed E-state index contributed by atoms with van der Waals surface area (Å²) in [7, 11) is 0. The second-order valence-corrected chi connectivity index (χ2v) is 3.91. The Balaban J connectivity index is 2.28. The van der Waals surface area contributed by atoms with Crippen molar-refractivity contribution in [2.75, 3.05) is 11.5 Å². The van der Waals surface area contributed by atoms with Gasteiger partial charge in [-0.1, -0.05) is 12.1 Å². The molecule has 3 rings (SSSR count). The molecule has 88 valence electrons. The van der Waals surface area contributed by atoms with Crippen LogP contribution in [0, 0.1) is 0 Å². The predicted octanol–water partition coefficient (Wildman–Crippen LogP) is 1.86. The molecule has 18 heavy (non-hydrogen) atoms. The maximum atomic E-state index is 5.93. The molecule has 0 saturated carbocycles. The van der Waals surface area contributed by atoms with E-state index in [1.807, 2.05) is 24.3 Å². The summed E-state index contributed by atoms with van der Waals surface area (Å²) in [6, 6.07) is 9.31. The summed E-state index contributed by atoms with van der Waals surface area (Å²) < 4.78 is 0. The molecule has 0 spiro atoms. The van der Waals surface area contributed by atoms with Crippen LogP contribution in [0.2, 0.25) is 0 Å². The molecule has 0 radical (unpaired) electrons. The average Bonchev–Trinajstić information content (AvgIpc) is 2.39. The fourth-order valence-corrected chi connectivity index (χ4v) is 1.81. The minimum Gasteiger partial charge on any atom is -0.398 e. The van der Waals surface area contributed by atoms with Gasteiger partial charge in [0.1, 0.15) is 5.82 Å². The standard InChI is InChI=1S/C13H11N5/c14-10-5-6-16-7-9(10)13-17-11-4-2-1-3-8(11)12(15)18-13/h1-7H,(H2,14,16)(H2,15,17,18). The summed E-state index contributed by atoms with van der Waals surface area (Å²) in [4.78, 5) is 12.8. The summed E-state index contributed by atoms with van der Waals surface area (Å²) in [6.07, 6.45) is 3.27. The number of pyridine rings is 1. The Kier molecular flexibility index (Phi) is 2.30. The molecule has 2 heterocycles. The third-order valence-electron chi connectivity index (χ3n) is 2.73. The third kappa shape index (κ3) is 1.62. The van der Waals surface area contributed by atoms with Crippen LogP contribution in [0.25, 0.3) is 22.3 Å². The van der Waals surface area contributed by atoms with Crippen LogP contribution in [0.15, 0.2) is 42.7 Å². The van der Waals surface area contributed by atoms with Crippen molar-refractivity contribution in [2.24, 2.45) is 0 Å². The van der Waals surface area contributed by atoms with Crippen molar-refractivity contribution in [3.05, 3.63) is 42.7 Å². The SMILES string of the molecule is Nc1ccncc1-c1nc(N)c2ccccc2n1. The molecule has 4 N–H and O–H groups in total. The van der Waals surface area contributed by atoms with E-state index in [9.17, 15) is 0 Å². The number of hydrogen-bond donors (Lipinski definition) is 2. The lowest BCUT2D eigenvalue weighted by atomic mass is 10.2. The molecule has 2 aromatic heterocycles. The van der Waals surface area contributed by atoms with Gasteiger partial charge in [0.25, 0.3) is 0 Å². The summed E-state index contributed by atoms with van der Waals surface area (Å²) in [6.45, 7) is 0. The van der Waals surface area contributed by atoms with Gasteiger partial charge in [0.2, 0.25) is 0 Å². The molecule has 0 aliphatic carbocycles. The smallest absolute Gasteiger partial charge is 0.165 e. The fraction of sp³-hybridized carbons (Fsp3) is 0. The molecule has 0 aliphatic rings. The molecule has 0 saturated heterocycles. The highest BCUT2D eigenvalue weighted by Gasteiger charge is 2.09. The van der Waals surface area contributed by atoms with Gasteiger partial charge in [-0.2, -0.15) is 0 Å². The number of rotatable bonds is 1. The van der Waals surface area contributed by atoms with Gasteiger partial charge >= 0.3 is 0 Å². The molecule has 0 amide bonds. The summed E-state index contributed by atoms with van der Waals surface area (Å²) in [5.41, 5.74) is 13.9. The summed E-state index contributed by atoms with van der Waals surface area (Å²) >= 11 is 0. The summed E-state index contributed by atoms with van der Waals surface area (Å²) in [5, 5.41) is 0.837. The van der Waals surface area contributed by atoms with E-state index in [-0.39, 0.29) is 0 Å². The lowest BCUT2D eigenvalue weighted by molar-refractivity contribution is 1.21. The van der Waals surface area contributed by atoms with Crippen molar-refractivity contribution < 1.29 is 0 Å². The monoisotopic (exact) mass is 237 g/mol. The number of para-hydroxylation sites is 1. The maximum Gasteiger partial charge on any atom is 0.165 e. The minimum absolute atomic E-state index is 0.443. The Bertz CT molecular complexity index is 723. The van der Waals surface area contributed by atoms with E-state index in [0.29, 0.717) is 22.9 Å². The van der Waals surface area contributed by atoms with Crippen LogP contribution in [0.3, 0.4) is 0 Å². The predicted molar refractivity (Wildman–Crippen MR) is 71.6 cm³/mol. The fourth-order valence-electron chi connectivity index (χ4n) is 1.81. The molecule has 0 aliphatic heterocycles. The highest BCUT2D eigenvalue weighted by atomic mass is 15.0. The van der Waals surface area contributed by atoms with Crippen LogP contribution in [0.5, 0.6) is 0 Å². The average molecular weight is 237 g/mol. The number of nitrogens with zero attached hydrogens (tertiary/aromatic N) is 3. The highest BCUT2D eigenvalue weighted by Crippen LogP contribution is 2.25. The first kappa shape index (κ1) is 10.5. The van der Waals surface area contributed by atoms with Gasteiger partial charge in [0.15, 0.2) is 5.82 Å².